The summed E-state index contributed by atoms with van der Waals surface area (Å²) in [6.45, 7) is 1.64. The lowest BCUT2D eigenvalue weighted by atomic mass is 10.1. The molecular formula is C21H18F3N5O4S. The molecule has 0 aliphatic rings. The van der Waals surface area contributed by atoms with E-state index in [-0.39, 0.29) is 23.6 Å². The first-order chi connectivity index (χ1) is 16.0. The van der Waals surface area contributed by atoms with Gasteiger partial charge >= 0.3 is 6.18 Å². The third-order valence-electron chi connectivity index (χ3n) is 4.94. The molecule has 0 saturated carbocycles. The van der Waals surface area contributed by atoms with Crippen LogP contribution in [0.25, 0.3) is 22.6 Å². The fraction of sp³-hybridized carbons (Fsp3) is 0.238. The SMILES string of the molecule is CC(Cc1ccccc1)n1c(-c2ncccc2NS(C)(=O)=O)nc2onc(C(F)(F)F)c2c1=O. The van der Waals surface area contributed by atoms with Gasteiger partial charge in [-0.1, -0.05) is 35.5 Å². The lowest BCUT2D eigenvalue weighted by Crippen LogP contribution is -2.29. The first kappa shape index (κ1) is 23.4. The molecule has 1 atom stereocenters. The van der Waals surface area contributed by atoms with E-state index in [9.17, 15) is 26.4 Å². The van der Waals surface area contributed by atoms with Crippen molar-refractivity contribution in [2.45, 2.75) is 25.6 Å². The Morgan fingerprint density at radius 3 is 2.50 bits per heavy atom. The first-order valence-electron chi connectivity index (χ1n) is 9.92. The molecule has 0 amide bonds. The molecule has 0 bridgehead atoms. The van der Waals surface area contributed by atoms with E-state index >= 15 is 0 Å². The Morgan fingerprint density at radius 2 is 1.85 bits per heavy atom. The van der Waals surface area contributed by atoms with Crippen LogP contribution in [0, 0.1) is 0 Å². The summed E-state index contributed by atoms with van der Waals surface area (Å²) in [5.41, 5.74) is -2.39. The van der Waals surface area contributed by atoms with Crippen LogP contribution in [0.4, 0.5) is 18.9 Å². The average molecular weight is 493 g/mol. The van der Waals surface area contributed by atoms with Gasteiger partial charge in [0.05, 0.1) is 11.9 Å². The molecule has 13 heteroatoms. The van der Waals surface area contributed by atoms with Crippen LogP contribution in [0.3, 0.4) is 0 Å². The average Bonchev–Trinajstić information content (AvgIpc) is 3.18. The summed E-state index contributed by atoms with van der Waals surface area (Å²) in [7, 11) is -3.75. The van der Waals surface area contributed by atoms with Gasteiger partial charge < -0.3 is 4.52 Å². The molecule has 34 heavy (non-hydrogen) atoms. The van der Waals surface area contributed by atoms with Gasteiger partial charge in [-0.3, -0.25) is 19.1 Å². The number of anilines is 1. The summed E-state index contributed by atoms with van der Waals surface area (Å²) in [5, 5.41) is 2.21. The minimum Gasteiger partial charge on any atom is -0.335 e. The topological polar surface area (TPSA) is 120 Å². The second-order valence-electron chi connectivity index (χ2n) is 7.63. The number of nitrogens with zero attached hydrogens (tertiary/aromatic N) is 4. The summed E-state index contributed by atoms with van der Waals surface area (Å²) in [5.74, 6) is -0.169. The zero-order valence-electron chi connectivity index (χ0n) is 17.9. The third-order valence-corrected chi connectivity index (χ3v) is 5.53. The number of halogens is 3. The quantitative estimate of drug-likeness (QED) is 0.435. The van der Waals surface area contributed by atoms with E-state index in [0.29, 0.717) is 0 Å². The van der Waals surface area contributed by atoms with E-state index in [2.05, 4.69) is 19.8 Å². The Hall–Kier alpha value is -3.74. The monoisotopic (exact) mass is 493 g/mol. The van der Waals surface area contributed by atoms with Gasteiger partial charge in [0, 0.05) is 12.2 Å². The molecule has 4 rings (SSSR count). The second kappa shape index (κ2) is 8.56. The summed E-state index contributed by atoms with van der Waals surface area (Å²) in [6.07, 6.45) is -2.40. The second-order valence-corrected chi connectivity index (χ2v) is 9.38. The fourth-order valence-electron chi connectivity index (χ4n) is 3.60. The van der Waals surface area contributed by atoms with Crippen LogP contribution in [0.15, 0.2) is 58.0 Å². The Morgan fingerprint density at radius 1 is 1.15 bits per heavy atom. The standard InChI is InChI=1S/C21H18F3N5O4S/c1-12(11-13-7-4-3-5-8-13)29-18(16-14(9-6-10-25-16)28-34(2,31)32)26-19-15(20(29)30)17(27-33-19)21(22,23)24/h3-10,12,28H,11H2,1-2H3. The molecule has 0 spiro atoms. The number of hydrogen-bond acceptors (Lipinski definition) is 7. The van der Waals surface area contributed by atoms with Crippen molar-refractivity contribution in [3.05, 3.63) is 70.3 Å². The van der Waals surface area contributed by atoms with Gasteiger partial charge in [0.25, 0.3) is 11.3 Å². The maximum absolute atomic E-state index is 13.5. The molecule has 4 aromatic rings. The van der Waals surface area contributed by atoms with E-state index < -0.39 is 44.6 Å². The molecule has 0 radical (unpaired) electrons. The Bertz CT molecular complexity index is 1520. The number of aromatic nitrogens is 4. The minimum absolute atomic E-state index is 0.00697. The van der Waals surface area contributed by atoms with Crippen LogP contribution in [0.1, 0.15) is 24.2 Å². The van der Waals surface area contributed by atoms with Crippen molar-refractivity contribution in [1.82, 2.24) is 19.7 Å². The molecule has 3 heterocycles. The number of hydrogen-bond donors (Lipinski definition) is 1. The van der Waals surface area contributed by atoms with Gasteiger partial charge in [0.1, 0.15) is 11.1 Å². The zero-order chi connectivity index (χ0) is 24.7. The van der Waals surface area contributed by atoms with E-state index in [4.69, 9.17) is 4.52 Å². The smallest absolute Gasteiger partial charge is 0.335 e. The van der Waals surface area contributed by atoms with E-state index in [1.807, 2.05) is 18.2 Å². The van der Waals surface area contributed by atoms with Crippen LogP contribution in [-0.4, -0.2) is 34.4 Å². The first-order valence-corrected chi connectivity index (χ1v) is 11.8. The Kier molecular flexibility index (Phi) is 5.89. The van der Waals surface area contributed by atoms with Crippen molar-refractivity contribution in [1.29, 1.82) is 0 Å². The van der Waals surface area contributed by atoms with Crippen molar-refractivity contribution in [2.24, 2.45) is 0 Å². The number of benzene rings is 1. The Labute approximate surface area is 191 Å². The van der Waals surface area contributed by atoms with E-state index in [1.54, 1.807) is 19.1 Å². The number of sulfonamides is 1. The van der Waals surface area contributed by atoms with Gasteiger partial charge in [-0.2, -0.15) is 18.2 Å². The van der Waals surface area contributed by atoms with Gasteiger partial charge in [0.15, 0.2) is 5.82 Å². The Balaban J connectivity index is 2.00. The van der Waals surface area contributed by atoms with Crippen LogP contribution >= 0.6 is 0 Å². The van der Waals surface area contributed by atoms with E-state index in [0.717, 1.165) is 16.4 Å². The van der Waals surface area contributed by atoms with Gasteiger partial charge in [-0.15, -0.1) is 0 Å². The van der Waals surface area contributed by atoms with Crippen LogP contribution in [0.2, 0.25) is 0 Å². The molecule has 178 valence electrons. The molecule has 1 N–H and O–H groups in total. The lowest BCUT2D eigenvalue weighted by Gasteiger charge is -2.20. The maximum atomic E-state index is 13.5. The number of rotatable bonds is 6. The van der Waals surface area contributed by atoms with Crippen molar-refractivity contribution in [3.63, 3.8) is 0 Å². The highest BCUT2D eigenvalue weighted by atomic mass is 32.2. The minimum atomic E-state index is -4.94. The highest BCUT2D eigenvalue weighted by Gasteiger charge is 2.40. The lowest BCUT2D eigenvalue weighted by molar-refractivity contribution is -0.141. The molecule has 3 aromatic heterocycles. The molecule has 0 saturated heterocycles. The third kappa shape index (κ3) is 4.64. The molecule has 1 unspecified atom stereocenters. The van der Waals surface area contributed by atoms with Crippen molar-refractivity contribution >= 4 is 26.8 Å². The van der Waals surface area contributed by atoms with Crippen LogP contribution in [0.5, 0.6) is 0 Å². The van der Waals surface area contributed by atoms with Crippen molar-refractivity contribution in [2.75, 3.05) is 11.0 Å². The predicted molar refractivity (Wildman–Crippen MR) is 118 cm³/mol. The predicted octanol–water partition coefficient (Wildman–Crippen LogP) is 3.64. The number of fused-ring (bicyclic) bond motifs is 1. The normalized spacial score (nSPS) is 13.2. The highest BCUT2D eigenvalue weighted by molar-refractivity contribution is 7.92. The molecule has 0 aliphatic carbocycles. The molecule has 0 aliphatic heterocycles. The van der Waals surface area contributed by atoms with Crippen LogP contribution in [-0.2, 0) is 22.6 Å². The maximum Gasteiger partial charge on any atom is 0.437 e. The van der Waals surface area contributed by atoms with Gasteiger partial charge in [-0.05, 0) is 31.0 Å². The molecule has 9 nitrogen and oxygen atoms in total. The largest absolute Gasteiger partial charge is 0.437 e. The summed E-state index contributed by atoms with van der Waals surface area (Å²) in [4.78, 5) is 21.7. The fourth-order valence-corrected chi connectivity index (χ4v) is 4.16. The van der Waals surface area contributed by atoms with Crippen molar-refractivity contribution in [3.8, 4) is 11.5 Å². The number of pyridine rings is 1. The highest BCUT2D eigenvalue weighted by Crippen LogP contribution is 2.34. The van der Waals surface area contributed by atoms with Crippen molar-refractivity contribution < 1.29 is 26.1 Å². The molecule has 0 fully saturated rings. The summed E-state index contributed by atoms with van der Waals surface area (Å²) < 4.78 is 72.3. The van der Waals surface area contributed by atoms with E-state index in [1.165, 1.54) is 18.3 Å². The molecular weight excluding hydrogens is 475 g/mol. The van der Waals surface area contributed by atoms with Gasteiger partial charge in [-0.25, -0.2) is 8.42 Å². The van der Waals surface area contributed by atoms with Crippen LogP contribution < -0.4 is 10.3 Å². The number of alkyl halides is 3. The molecule has 1 aromatic carbocycles. The van der Waals surface area contributed by atoms with Gasteiger partial charge in [0.2, 0.25) is 15.7 Å². The summed E-state index contributed by atoms with van der Waals surface area (Å²) in [6, 6.07) is 11.2. The number of nitrogens with one attached hydrogen (secondary N) is 1. The summed E-state index contributed by atoms with van der Waals surface area (Å²) >= 11 is 0. The zero-order valence-corrected chi connectivity index (χ0v) is 18.7.